The number of rotatable bonds is 6. The summed E-state index contributed by atoms with van der Waals surface area (Å²) in [6.45, 7) is 2.75. The smallest absolute Gasteiger partial charge is 0.343 e. The Bertz CT molecular complexity index is 633. The molecule has 2 aromatic rings. The van der Waals surface area contributed by atoms with Crippen LogP contribution in [-0.2, 0) is 6.54 Å². The molecule has 4 nitrogen and oxygen atoms in total. The first-order chi connectivity index (χ1) is 11.0. The van der Waals surface area contributed by atoms with Crippen LogP contribution in [0.5, 0.6) is 5.75 Å². The second-order valence-corrected chi connectivity index (χ2v) is 5.82. The Kier molecular flexibility index (Phi) is 5.90. The van der Waals surface area contributed by atoms with Crippen LogP contribution in [0.2, 0.25) is 0 Å². The second kappa shape index (κ2) is 7.90. The number of aliphatic hydroxyl groups excluding tert-OH is 1. The van der Waals surface area contributed by atoms with Crippen LogP contribution < -0.4 is 4.74 Å². The van der Waals surface area contributed by atoms with Gasteiger partial charge in [-0.3, -0.25) is 0 Å². The van der Waals surface area contributed by atoms with Gasteiger partial charge in [0, 0.05) is 6.54 Å². The Morgan fingerprint density at radius 1 is 1.09 bits per heavy atom. The number of hydrogen-bond donors (Lipinski definition) is 1. The van der Waals surface area contributed by atoms with Crippen molar-refractivity contribution >= 4 is 5.97 Å². The molecule has 1 atom stereocenters. The molecule has 0 aliphatic rings. The number of carbonyl (C=O) groups excluding carboxylic acids is 1. The van der Waals surface area contributed by atoms with Gasteiger partial charge in [-0.2, -0.15) is 0 Å². The lowest BCUT2D eigenvalue weighted by atomic mass is 10.1. The number of ether oxygens (including phenoxy) is 1. The lowest BCUT2D eigenvalue weighted by molar-refractivity contribution is 0.0734. The maximum Gasteiger partial charge on any atom is 0.343 e. The maximum absolute atomic E-state index is 12.1. The number of aliphatic hydroxyl groups is 1. The van der Waals surface area contributed by atoms with Gasteiger partial charge in [-0.15, -0.1) is 0 Å². The summed E-state index contributed by atoms with van der Waals surface area (Å²) in [5, 5.41) is 9.76. The summed E-state index contributed by atoms with van der Waals surface area (Å²) in [5.41, 5.74) is 2.48. The van der Waals surface area contributed by atoms with Crippen LogP contribution in [0.15, 0.2) is 48.5 Å². The Morgan fingerprint density at radius 3 is 2.22 bits per heavy atom. The number of benzene rings is 2. The third-order valence-electron chi connectivity index (χ3n) is 3.55. The summed E-state index contributed by atoms with van der Waals surface area (Å²) < 4.78 is 5.36. The van der Waals surface area contributed by atoms with E-state index in [0.717, 1.165) is 17.7 Å². The van der Waals surface area contributed by atoms with Crippen molar-refractivity contribution in [2.24, 2.45) is 0 Å². The molecule has 1 N–H and O–H groups in total. The Morgan fingerprint density at radius 2 is 1.70 bits per heavy atom. The van der Waals surface area contributed by atoms with E-state index in [-0.39, 0.29) is 5.97 Å². The monoisotopic (exact) mass is 313 g/mol. The Labute approximate surface area is 137 Å². The average molecular weight is 313 g/mol. The van der Waals surface area contributed by atoms with E-state index in [1.807, 2.05) is 33.2 Å². The van der Waals surface area contributed by atoms with E-state index >= 15 is 0 Å². The minimum absolute atomic E-state index is 0.384. The summed E-state index contributed by atoms with van der Waals surface area (Å²) in [7, 11) is 4.00. The third-order valence-corrected chi connectivity index (χ3v) is 3.55. The summed E-state index contributed by atoms with van der Waals surface area (Å²) in [6, 6.07) is 14.4. The molecular weight excluding hydrogens is 290 g/mol. The topological polar surface area (TPSA) is 49.8 Å². The van der Waals surface area contributed by atoms with Crippen molar-refractivity contribution < 1.29 is 14.6 Å². The summed E-state index contributed by atoms with van der Waals surface area (Å²) >= 11 is 0. The van der Waals surface area contributed by atoms with Crippen molar-refractivity contribution in [3.8, 4) is 5.75 Å². The van der Waals surface area contributed by atoms with Gasteiger partial charge in [0.05, 0.1) is 11.7 Å². The molecule has 0 aliphatic carbocycles. The van der Waals surface area contributed by atoms with Crippen molar-refractivity contribution in [3.63, 3.8) is 0 Å². The molecular formula is C19H23NO3. The van der Waals surface area contributed by atoms with Crippen molar-refractivity contribution in [2.45, 2.75) is 26.0 Å². The van der Waals surface area contributed by atoms with Gasteiger partial charge in [0.2, 0.25) is 0 Å². The molecule has 23 heavy (non-hydrogen) atoms. The number of hydrogen-bond acceptors (Lipinski definition) is 4. The molecule has 0 bridgehead atoms. The van der Waals surface area contributed by atoms with Crippen LogP contribution in [0.25, 0.3) is 0 Å². The van der Waals surface area contributed by atoms with Gasteiger partial charge in [0.25, 0.3) is 0 Å². The highest BCUT2D eigenvalue weighted by Crippen LogP contribution is 2.20. The SMILES string of the molecule is CCC(O)c1ccc(OC(=O)c2ccc(CN(C)C)cc2)cc1. The van der Waals surface area contributed by atoms with E-state index in [4.69, 9.17) is 4.74 Å². The number of carbonyl (C=O) groups is 1. The van der Waals surface area contributed by atoms with Crippen molar-refractivity contribution in [3.05, 3.63) is 65.2 Å². The van der Waals surface area contributed by atoms with Crippen LogP contribution >= 0.6 is 0 Å². The highest BCUT2D eigenvalue weighted by Gasteiger charge is 2.10. The molecule has 0 aromatic heterocycles. The summed E-state index contributed by atoms with van der Waals surface area (Å²) in [4.78, 5) is 14.2. The van der Waals surface area contributed by atoms with E-state index in [0.29, 0.717) is 17.7 Å². The number of nitrogens with zero attached hydrogens (tertiary/aromatic N) is 1. The van der Waals surface area contributed by atoms with E-state index in [1.54, 1.807) is 36.4 Å². The third kappa shape index (κ3) is 4.91. The van der Waals surface area contributed by atoms with Crippen LogP contribution in [0.1, 0.15) is 40.9 Å². The molecule has 0 spiro atoms. The molecule has 4 heteroatoms. The predicted octanol–water partition coefficient (Wildman–Crippen LogP) is 3.41. The zero-order valence-electron chi connectivity index (χ0n) is 13.8. The van der Waals surface area contributed by atoms with Gasteiger partial charge in [0.1, 0.15) is 5.75 Å². The summed E-state index contributed by atoms with van der Waals surface area (Å²) in [6.07, 6.45) is 0.169. The van der Waals surface area contributed by atoms with Gasteiger partial charge in [-0.1, -0.05) is 31.2 Å². The van der Waals surface area contributed by atoms with E-state index in [9.17, 15) is 9.90 Å². The predicted molar refractivity (Wildman–Crippen MR) is 90.5 cm³/mol. The molecule has 1 unspecified atom stereocenters. The first-order valence-corrected chi connectivity index (χ1v) is 7.73. The minimum Gasteiger partial charge on any atom is -0.423 e. The quantitative estimate of drug-likeness (QED) is 0.656. The van der Waals surface area contributed by atoms with Crippen LogP contribution in [-0.4, -0.2) is 30.1 Å². The van der Waals surface area contributed by atoms with Crippen LogP contribution in [0, 0.1) is 0 Å². The second-order valence-electron chi connectivity index (χ2n) is 5.82. The van der Waals surface area contributed by atoms with Gasteiger partial charge in [-0.05, 0) is 55.9 Å². The van der Waals surface area contributed by atoms with Gasteiger partial charge in [-0.25, -0.2) is 4.79 Å². The summed E-state index contributed by atoms with van der Waals surface area (Å²) in [5.74, 6) is 0.0876. The largest absolute Gasteiger partial charge is 0.423 e. The van der Waals surface area contributed by atoms with E-state index < -0.39 is 6.10 Å². The molecule has 2 rings (SSSR count). The van der Waals surface area contributed by atoms with Crippen molar-refractivity contribution in [2.75, 3.05) is 14.1 Å². The highest BCUT2D eigenvalue weighted by atomic mass is 16.5. The molecule has 0 aliphatic heterocycles. The molecule has 2 aromatic carbocycles. The zero-order valence-corrected chi connectivity index (χ0v) is 13.8. The zero-order chi connectivity index (χ0) is 16.8. The Balaban J connectivity index is 2.01. The van der Waals surface area contributed by atoms with Gasteiger partial charge >= 0.3 is 5.97 Å². The molecule has 0 amide bonds. The number of esters is 1. The molecule has 0 heterocycles. The minimum atomic E-state index is -0.482. The molecule has 0 saturated heterocycles. The lowest BCUT2D eigenvalue weighted by Gasteiger charge is -2.11. The van der Waals surface area contributed by atoms with Crippen LogP contribution in [0.3, 0.4) is 0 Å². The van der Waals surface area contributed by atoms with Gasteiger partial charge in [0.15, 0.2) is 0 Å². The van der Waals surface area contributed by atoms with E-state index in [2.05, 4.69) is 4.90 Å². The fraction of sp³-hybridized carbons (Fsp3) is 0.316. The average Bonchev–Trinajstić information content (AvgIpc) is 2.55. The van der Waals surface area contributed by atoms with Crippen LogP contribution in [0.4, 0.5) is 0 Å². The molecule has 0 saturated carbocycles. The Hall–Kier alpha value is -2.17. The molecule has 122 valence electrons. The fourth-order valence-electron chi connectivity index (χ4n) is 2.27. The molecule has 0 fully saturated rings. The highest BCUT2D eigenvalue weighted by molar-refractivity contribution is 5.91. The van der Waals surface area contributed by atoms with Crippen molar-refractivity contribution in [1.29, 1.82) is 0 Å². The first kappa shape index (κ1) is 17.2. The standard InChI is InChI=1S/C19H23NO3/c1-4-18(21)15-9-11-17(12-10-15)23-19(22)16-7-5-14(6-8-16)13-20(2)3/h5-12,18,21H,4,13H2,1-3H3. The lowest BCUT2D eigenvalue weighted by Crippen LogP contribution is -2.12. The normalized spacial score (nSPS) is 12.2. The van der Waals surface area contributed by atoms with E-state index in [1.165, 1.54) is 0 Å². The van der Waals surface area contributed by atoms with Gasteiger partial charge < -0.3 is 14.7 Å². The fourth-order valence-corrected chi connectivity index (χ4v) is 2.27. The van der Waals surface area contributed by atoms with Crippen molar-refractivity contribution in [1.82, 2.24) is 4.90 Å². The molecule has 0 radical (unpaired) electrons. The first-order valence-electron chi connectivity index (χ1n) is 7.73. The maximum atomic E-state index is 12.1.